The number of nitrogens with two attached hydrogens (primary N) is 3. The van der Waals surface area contributed by atoms with E-state index < -0.39 is 47.9 Å². The number of guanidine groups is 1. The second kappa shape index (κ2) is 11.7. The van der Waals surface area contributed by atoms with Crippen molar-refractivity contribution in [3.63, 3.8) is 0 Å². The molecule has 12 nitrogen and oxygen atoms in total. The van der Waals surface area contributed by atoms with Crippen LogP contribution in [0.5, 0.6) is 0 Å². The van der Waals surface area contributed by atoms with Crippen LogP contribution in [0.25, 0.3) is 0 Å². The monoisotopic (exact) mass is 387 g/mol. The Morgan fingerprint density at radius 1 is 1.00 bits per heavy atom. The molecule has 0 unspecified atom stereocenters. The van der Waals surface area contributed by atoms with Gasteiger partial charge in [0.2, 0.25) is 23.6 Å². The Labute approximate surface area is 157 Å². The third-order valence-corrected chi connectivity index (χ3v) is 3.48. The summed E-state index contributed by atoms with van der Waals surface area (Å²) in [6, 6.07) is -3.25. The molecule has 0 heterocycles. The SMILES string of the molecule is CC(=O)N[C@@H](C)C(=O)N[C@@H](CCCN=C(N)N)C(=O)N[C@H](C(N)=O)[C@@H](C)O. The van der Waals surface area contributed by atoms with E-state index >= 15 is 0 Å². The number of aliphatic imine (C=N–C) groups is 1. The molecule has 0 saturated carbocycles. The molecule has 4 atom stereocenters. The van der Waals surface area contributed by atoms with Gasteiger partial charge in [-0.15, -0.1) is 0 Å². The molecule has 0 aliphatic rings. The van der Waals surface area contributed by atoms with Crippen molar-refractivity contribution in [3.8, 4) is 0 Å². The standard InChI is InChI=1S/C15H29N7O5/c1-7(20-9(3)24)13(26)21-10(5-4-6-19-15(17)18)14(27)22-11(8(2)23)12(16)25/h7-8,10-11,23H,4-6H2,1-3H3,(H2,16,25)(H,20,24)(H,21,26)(H,22,27)(H4,17,18,19)/t7-,8+,10-,11-/m0/s1. The van der Waals surface area contributed by atoms with E-state index in [1.165, 1.54) is 20.8 Å². The first-order chi connectivity index (χ1) is 12.5. The van der Waals surface area contributed by atoms with Crippen LogP contribution in [-0.4, -0.2) is 65.5 Å². The van der Waals surface area contributed by atoms with E-state index in [9.17, 15) is 24.3 Å². The molecule has 0 saturated heterocycles. The summed E-state index contributed by atoms with van der Waals surface area (Å²) < 4.78 is 0. The van der Waals surface area contributed by atoms with Crippen LogP contribution in [-0.2, 0) is 19.2 Å². The van der Waals surface area contributed by atoms with Gasteiger partial charge < -0.3 is 38.3 Å². The molecule has 0 rings (SSSR count). The first-order valence-electron chi connectivity index (χ1n) is 8.36. The van der Waals surface area contributed by atoms with Gasteiger partial charge in [-0.25, -0.2) is 0 Å². The molecule has 0 aromatic heterocycles. The molecule has 10 N–H and O–H groups in total. The van der Waals surface area contributed by atoms with E-state index in [1.807, 2.05) is 0 Å². The Morgan fingerprint density at radius 2 is 1.59 bits per heavy atom. The zero-order valence-corrected chi connectivity index (χ0v) is 15.7. The Hall–Kier alpha value is -2.89. The average molecular weight is 387 g/mol. The normalized spacial score (nSPS) is 14.8. The third kappa shape index (κ3) is 9.99. The highest BCUT2D eigenvalue weighted by Crippen LogP contribution is 2.02. The number of nitrogens with zero attached hydrogens (tertiary/aromatic N) is 1. The maximum Gasteiger partial charge on any atom is 0.243 e. The van der Waals surface area contributed by atoms with E-state index in [4.69, 9.17) is 17.2 Å². The number of rotatable bonds is 11. The lowest BCUT2D eigenvalue weighted by Crippen LogP contribution is -2.58. The van der Waals surface area contributed by atoms with Gasteiger partial charge in [0, 0.05) is 13.5 Å². The van der Waals surface area contributed by atoms with Crippen LogP contribution in [0.1, 0.15) is 33.6 Å². The first kappa shape index (κ1) is 24.1. The quantitative estimate of drug-likeness (QED) is 0.107. The van der Waals surface area contributed by atoms with E-state index in [2.05, 4.69) is 20.9 Å². The summed E-state index contributed by atoms with van der Waals surface area (Å²) in [7, 11) is 0. The molecule has 0 aromatic rings. The fraction of sp³-hybridized carbons (Fsp3) is 0.667. The van der Waals surface area contributed by atoms with Gasteiger partial charge >= 0.3 is 0 Å². The average Bonchev–Trinajstić information content (AvgIpc) is 2.53. The number of primary amides is 1. The zero-order valence-electron chi connectivity index (χ0n) is 15.7. The molecule has 0 bridgehead atoms. The third-order valence-electron chi connectivity index (χ3n) is 3.48. The molecule has 0 spiro atoms. The van der Waals surface area contributed by atoms with Crippen molar-refractivity contribution in [2.45, 2.75) is 57.8 Å². The Balaban J connectivity index is 5.12. The van der Waals surface area contributed by atoms with Crippen LogP contribution in [0.2, 0.25) is 0 Å². The Bertz CT molecular complexity index is 575. The number of amides is 4. The molecule has 0 radical (unpaired) electrons. The van der Waals surface area contributed by atoms with Gasteiger partial charge in [-0.05, 0) is 26.7 Å². The predicted octanol–water partition coefficient (Wildman–Crippen LogP) is -3.60. The highest BCUT2D eigenvalue weighted by atomic mass is 16.3. The molecule has 154 valence electrons. The molecular weight excluding hydrogens is 358 g/mol. The molecule has 12 heteroatoms. The van der Waals surface area contributed by atoms with E-state index in [-0.39, 0.29) is 18.9 Å². The first-order valence-corrected chi connectivity index (χ1v) is 8.36. The minimum atomic E-state index is -1.32. The lowest BCUT2D eigenvalue weighted by atomic mass is 10.1. The predicted molar refractivity (Wildman–Crippen MR) is 97.9 cm³/mol. The van der Waals surface area contributed by atoms with Crippen molar-refractivity contribution in [1.82, 2.24) is 16.0 Å². The second-order valence-corrected chi connectivity index (χ2v) is 6.06. The summed E-state index contributed by atoms with van der Waals surface area (Å²) >= 11 is 0. The minimum Gasteiger partial charge on any atom is -0.391 e. The summed E-state index contributed by atoms with van der Waals surface area (Å²) in [5.41, 5.74) is 15.6. The molecule has 0 aliphatic carbocycles. The molecular formula is C15H29N7O5. The van der Waals surface area contributed by atoms with Gasteiger partial charge in [0.05, 0.1) is 6.10 Å². The second-order valence-electron chi connectivity index (χ2n) is 6.06. The van der Waals surface area contributed by atoms with Crippen molar-refractivity contribution in [1.29, 1.82) is 0 Å². The highest BCUT2D eigenvalue weighted by molar-refractivity contribution is 5.93. The number of aliphatic hydroxyl groups excluding tert-OH is 1. The summed E-state index contributed by atoms with van der Waals surface area (Å²) in [4.78, 5) is 50.8. The Morgan fingerprint density at radius 3 is 2.04 bits per heavy atom. The van der Waals surface area contributed by atoms with Gasteiger partial charge in [0.1, 0.15) is 18.1 Å². The fourth-order valence-electron chi connectivity index (χ4n) is 2.12. The van der Waals surface area contributed by atoms with E-state index in [1.54, 1.807) is 0 Å². The summed E-state index contributed by atoms with van der Waals surface area (Å²) in [6.45, 7) is 4.22. The number of aliphatic hydroxyl groups is 1. The maximum absolute atomic E-state index is 12.5. The van der Waals surface area contributed by atoms with E-state index in [0.29, 0.717) is 6.42 Å². The van der Waals surface area contributed by atoms with Gasteiger partial charge in [-0.1, -0.05) is 0 Å². The lowest BCUT2D eigenvalue weighted by molar-refractivity contribution is -0.134. The van der Waals surface area contributed by atoms with Gasteiger partial charge in [0.25, 0.3) is 0 Å². The van der Waals surface area contributed by atoms with Crippen LogP contribution < -0.4 is 33.2 Å². The molecule has 0 aliphatic heterocycles. The van der Waals surface area contributed by atoms with Gasteiger partial charge in [-0.3, -0.25) is 24.2 Å². The largest absolute Gasteiger partial charge is 0.391 e. The van der Waals surface area contributed by atoms with Crippen molar-refractivity contribution >= 4 is 29.6 Å². The smallest absolute Gasteiger partial charge is 0.243 e. The van der Waals surface area contributed by atoms with Crippen molar-refractivity contribution in [2.75, 3.05) is 6.54 Å². The Kier molecular flexibility index (Phi) is 10.4. The zero-order chi connectivity index (χ0) is 21.1. The number of hydrogen-bond donors (Lipinski definition) is 7. The summed E-state index contributed by atoms with van der Waals surface area (Å²) in [5.74, 6) is -2.75. The highest BCUT2D eigenvalue weighted by Gasteiger charge is 2.29. The van der Waals surface area contributed by atoms with Crippen molar-refractivity contribution in [3.05, 3.63) is 0 Å². The summed E-state index contributed by atoms with van der Waals surface area (Å²) in [6.07, 6.45) is -0.726. The van der Waals surface area contributed by atoms with Crippen molar-refractivity contribution < 1.29 is 24.3 Å². The van der Waals surface area contributed by atoms with Crippen molar-refractivity contribution in [2.24, 2.45) is 22.2 Å². The molecule has 27 heavy (non-hydrogen) atoms. The maximum atomic E-state index is 12.5. The van der Waals surface area contributed by atoms with Crippen LogP contribution in [0.4, 0.5) is 0 Å². The minimum absolute atomic E-state index is 0.109. The lowest BCUT2D eigenvalue weighted by Gasteiger charge is -2.24. The number of nitrogens with one attached hydrogen (secondary N) is 3. The van der Waals surface area contributed by atoms with Crippen LogP contribution in [0, 0.1) is 0 Å². The number of carbonyl (C=O) groups is 4. The van der Waals surface area contributed by atoms with Gasteiger partial charge in [-0.2, -0.15) is 0 Å². The molecule has 4 amide bonds. The van der Waals surface area contributed by atoms with Gasteiger partial charge in [0.15, 0.2) is 5.96 Å². The molecule has 0 aromatic carbocycles. The van der Waals surface area contributed by atoms with Crippen LogP contribution in [0.15, 0.2) is 4.99 Å². The molecule has 0 fully saturated rings. The summed E-state index contributed by atoms with van der Waals surface area (Å²) in [5, 5.41) is 16.7. The van der Waals surface area contributed by atoms with Crippen LogP contribution >= 0.6 is 0 Å². The van der Waals surface area contributed by atoms with E-state index in [0.717, 1.165) is 0 Å². The topological polar surface area (TPSA) is 215 Å². The fourth-order valence-corrected chi connectivity index (χ4v) is 2.12. The number of hydrogen-bond acceptors (Lipinski definition) is 6. The number of carbonyl (C=O) groups excluding carboxylic acids is 4. The van der Waals surface area contributed by atoms with Crippen LogP contribution in [0.3, 0.4) is 0 Å².